The SMILES string of the molecule is CCS(=O)C1CCCC(NC(=O)Nc2c(C)cccc2Cl)C1. The van der Waals surface area contributed by atoms with Crippen LogP contribution in [0, 0.1) is 6.92 Å². The lowest BCUT2D eigenvalue weighted by atomic mass is 9.95. The van der Waals surface area contributed by atoms with Crippen molar-refractivity contribution < 1.29 is 9.00 Å². The lowest BCUT2D eigenvalue weighted by Crippen LogP contribution is -2.43. The Morgan fingerprint density at radius 3 is 2.86 bits per heavy atom. The van der Waals surface area contributed by atoms with Gasteiger partial charge in [0.15, 0.2) is 0 Å². The number of urea groups is 1. The second-order valence-electron chi connectivity index (χ2n) is 5.69. The maximum atomic E-state index is 12.2. The molecule has 1 aromatic rings. The quantitative estimate of drug-likeness (QED) is 0.873. The minimum Gasteiger partial charge on any atom is -0.335 e. The van der Waals surface area contributed by atoms with Gasteiger partial charge in [0.1, 0.15) is 0 Å². The van der Waals surface area contributed by atoms with Crippen molar-refractivity contribution in [3.8, 4) is 0 Å². The fraction of sp³-hybridized carbons (Fsp3) is 0.562. The Morgan fingerprint density at radius 1 is 1.41 bits per heavy atom. The molecular weight excluding hydrogens is 320 g/mol. The van der Waals surface area contributed by atoms with Crippen LogP contribution in [0.1, 0.15) is 38.2 Å². The third kappa shape index (κ3) is 4.46. The second kappa shape index (κ2) is 7.97. The second-order valence-corrected chi connectivity index (χ2v) is 8.10. The molecule has 0 radical (unpaired) electrons. The van der Waals surface area contributed by atoms with Gasteiger partial charge in [-0.25, -0.2) is 4.79 Å². The van der Waals surface area contributed by atoms with Crippen molar-refractivity contribution in [2.24, 2.45) is 0 Å². The highest BCUT2D eigenvalue weighted by molar-refractivity contribution is 7.85. The molecule has 2 rings (SSSR count). The summed E-state index contributed by atoms with van der Waals surface area (Å²) in [6, 6.07) is 5.35. The maximum Gasteiger partial charge on any atom is 0.319 e. The van der Waals surface area contributed by atoms with Crippen molar-refractivity contribution in [2.45, 2.75) is 50.8 Å². The predicted molar refractivity (Wildman–Crippen MR) is 93.1 cm³/mol. The van der Waals surface area contributed by atoms with Gasteiger partial charge >= 0.3 is 6.03 Å². The number of nitrogens with one attached hydrogen (secondary N) is 2. The largest absolute Gasteiger partial charge is 0.335 e. The van der Waals surface area contributed by atoms with E-state index in [1.807, 2.05) is 26.0 Å². The summed E-state index contributed by atoms with van der Waals surface area (Å²) in [6.45, 7) is 3.85. The van der Waals surface area contributed by atoms with E-state index in [0.717, 1.165) is 31.2 Å². The predicted octanol–water partition coefficient (Wildman–Crippen LogP) is 3.85. The maximum absolute atomic E-state index is 12.2. The van der Waals surface area contributed by atoms with Gasteiger partial charge in [-0.15, -0.1) is 0 Å². The first-order chi connectivity index (χ1) is 10.5. The summed E-state index contributed by atoms with van der Waals surface area (Å²) in [5.41, 5.74) is 1.57. The first kappa shape index (κ1) is 17.3. The van der Waals surface area contributed by atoms with E-state index in [-0.39, 0.29) is 17.3 Å². The number of hydrogen-bond donors (Lipinski definition) is 2. The Labute approximate surface area is 139 Å². The van der Waals surface area contributed by atoms with E-state index < -0.39 is 10.8 Å². The summed E-state index contributed by atoms with van der Waals surface area (Å²) >= 11 is 6.12. The lowest BCUT2D eigenvalue weighted by molar-refractivity contribution is 0.244. The number of anilines is 1. The Balaban J connectivity index is 1.93. The standard InChI is InChI=1S/C16H23ClN2O2S/c1-3-22(21)13-8-5-7-12(10-13)18-16(20)19-15-11(2)6-4-9-14(15)17/h4,6,9,12-13H,3,5,7-8,10H2,1-2H3,(H2,18,19,20). The smallest absolute Gasteiger partial charge is 0.319 e. The zero-order chi connectivity index (χ0) is 16.1. The Kier molecular flexibility index (Phi) is 6.26. The van der Waals surface area contributed by atoms with E-state index in [1.54, 1.807) is 6.07 Å². The molecule has 0 spiro atoms. The summed E-state index contributed by atoms with van der Waals surface area (Å²) in [6.07, 6.45) is 3.72. The first-order valence-electron chi connectivity index (χ1n) is 7.71. The number of rotatable bonds is 4. The van der Waals surface area contributed by atoms with Crippen LogP contribution >= 0.6 is 11.6 Å². The van der Waals surface area contributed by atoms with Crippen molar-refractivity contribution in [3.63, 3.8) is 0 Å². The van der Waals surface area contributed by atoms with Gasteiger partial charge in [0, 0.05) is 27.8 Å². The molecule has 122 valence electrons. The molecule has 2 N–H and O–H groups in total. The van der Waals surface area contributed by atoms with Gasteiger partial charge in [-0.1, -0.05) is 37.1 Å². The number of halogens is 1. The van der Waals surface area contributed by atoms with Gasteiger partial charge in [-0.3, -0.25) is 4.21 Å². The van der Waals surface area contributed by atoms with E-state index >= 15 is 0 Å². The van der Waals surface area contributed by atoms with E-state index in [2.05, 4.69) is 10.6 Å². The van der Waals surface area contributed by atoms with Gasteiger partial charge in [0.2, 0.25) is 0 Å². The van der Waals surface area contributed by atoms with Gasteiger partial charge in [0.05, 0.1) is 10.7 Å². The fourth-order valence-electron chi connectivity index (χ4n) is 2.88. The van der Waals surface area contributed by atoms with E-state index in [0.29, 0.717) is 16.5 Å². The number of carbonyl (C=O) groups excluding carboxylic acids is 1. The van der Waals surface area contributed by atoms with Gasteiger partial charge < -0.3 is 10.6 Å². The molecule has 1 aliphatic carbocycles. The molecular formula is C16H23ClN2O2S. The van der Waals surface area contributed by atoms with Crippen LogP contribution in [0.2, 0.25) is 5.02 Å². The van der Waals surface area contributed by atoms with E-state index in [9.17, 15) is 9.00 Å². The third-order valence-corrected chi connectivity index (χ3v) is 6.13. The summed E-state index contributed by atoms with van der Waals surface area (Å²) < 4.78 is 11.9. The van der Waals surface area contributed by atoms with Crippen molar-refractivity contribution in [3.05, 3.63) is 28.8 Å². The minimum atomic E-state index is -0.787. The summed E-state index contributed by atoms with van der Waals surface area (Å²) in [5, 5.41) is 6.54. The van der Waals surface area contributed by atoms with Gasteiger partial charge in [0.25, 0.3) is 0 Å². The highest BCUT2D eigenvalue weighted by Gasteiger charge is 2.26. The van der Waals surface area contributed by atoms with E-state index in [1.165, 1.54) is 0 Å². The highest BCUT2D eigenvalue weighted by Crippen LogP contribution is 2.26. The zero-order valence-electron chi connectivity index (χ0n) is 13.0. The topological polar surface area (TPSA) is 58.2 Å². The minimum absolute atomic E-state index is 0.0806. The van der Waals surface area contributed by atoms with E-state index in [4.69, 9.17) is 11.6 Å². The Morgan fingerprint density at radius 2 is 2.18 bits per heavy atom. The van der Waals surface area contributed by atoms with Crippen LogP contribution < -0.4 is 10.6 Å². The average molecular weight is 343 g/mol. The molecule has 1 aliphatic rings. The van der Waals surface area contributed by atoms with Crippen LogP contribution in [0.3, 0.4) is 0 Å². The number of benzene rings is 1. The molecule has 1 saturated carbocycles. The normalized spacial score (nSPS) is 22.9. The van der Waals surface area contributed by atoms with Crippen molar-refractivity contribution in [2.75, 3.05) is 11.1 Å². The molecule has 0 heterocycles. The van der Waals surface area contributed by atoms with Crippen LogP contribution in [-0.2, 0) is 10.8 Å². The summed E-state index contributed by atoms with van der Waals surface area (Å²) in [5.74, 6) is 0.683. The third-order valence-electron chi connectivity index (χ3n) is 4.08. The molecule has 0 aliphatic heterocycles. The number of aryl methyl sites for hydroxylation is 1. The molecule has 2 amide bonds. The van der Waals surface area contributed by atoms with Crippen molar-refractivity contribution in [1.29, 1.82) is 0 Å². The van der Waals surface area contributed by atoms with Crippen molar-refractivity contribution >= 4 is 34.1 Å². The zero-order valence-corrected chi connectivity index (χ0v) is 14.6. The van der Waals surface area contributed by atoms with Gasteiger partial charge in [-0.05, 0) is 37.8 Å². The molecule has 0 aromatic heterocycles. The molecule has 6 heteroatoms. The van der Waals surface area contributed by atoms with Crippen LogP contribution in [0.15, 0.2) is 18.2 Å². The molecule has 1 fully saturated rings. The van der Waals surface area contributed by atoms with Crippen LogP contribution in [-0.4, -0.2) is 27.3 Å². The molecule has 0 saturated heterocycles. The molecule has 0 bridgehead atoms. The molecule has 22 heavy (non-hydrogen) atoms. The average Bonchev–Trinajstić information content (AvgIpc) is 2.50. The monoisotopic (exact) mass is 342 g/mol. The number of para-hydroxylation sites is 1. The number of carbonyl (C=O) groups is 1. The van der Waals surface area contributed by atoms with Crippen LogP contribution in [0.25, 0.3) is 0 Å². The van der Waals surface area contributed by atoms with Crippen LogP contribution in [0.5, 0.6) is 0 Å². The molecule has 1 aromatic carbocycles. The van der Waals surface area contributed by atoms with Crippen molar-refractivity contribution in [1.82, 2.24) is 5.32 Å². The van der Waals surface area contributed by atoms with Gasteiger partial charge in [-0.2, -0.15) is 0 Å². The van der Waals surface area contributed by atoms with Crippen LogP contribution in [0.4, 0.5) is 10.5 Å². The Hall–Kier alpha value is -1.07. The molecule has 4 nitrogen and oxygen atoms in total. The highest BCUT2D eigenvalue weighted by atomic mass is 35.5. The fourth-order valence-corrected chi connectivity index (χ4v) is 4.49. The number of amides is 2. The Bertz CT molecular complexity index is 545. The number of hydrogen-bond acceptors (Lipinski definition) is 2. The lowest BCUT2D eigenvalue weighted by Gasteiger charge is -2.29. The molecule has 3 atom stereocenters. The molecule has 3 unspecified atom stereocenters. The summed E-state index contributed by atoms with van der Waals surface area (Å²) in [4.78, 5) is 12.2. The first-order valence-corrected chi connectivity index (χ1v) is 9.47. The summed E-state index contributed by atoms with van der Waals surface area (Å²) in [7, 11) is -0.787.